The summed E-state index contributed by atoms with van der Waals surface area (Å²) in [6, 6.07) is 8.60. The van der Waals surface area contributed by atoms with Gasteiger partial charge in [0.25, 0.3) is 0 Å². The van der Waals surface area contributed by atoms with Crippen molar-refractivity contribution in [3.63, 3.8) is 0 Å². The maximum absolute atomic E-state index is 11.6. The molecule has 0 bridgehead atoms. The quantitative estimate of drug-likeness (QED) is 0.796. The molecule has 0 amide bonds. The van der Waals surface area contributed by atoms with E-state index in [1.165, 1.54) is 18.2 Å². The Labute approximate surface area is 102 Å². The van der Waals surface area contributed by atoms with Gasteiger partial charge in [0, 0.05) is 6.04 Å². The third-order valence-corrected chi connectivity index (χ3v) is 3.50. The van der Waals surface area contributed by atoms with Gasteiger partial charge in [0.2, 0.25) is 0 Å². The number of methoxy groups -OCH3 is 1. The fraction of sp³-hybridized carbons (Fsp3) is 0.500. The smallest absolute Gasteiger partial charge is 0.308 e. The first-order chi connectivity index (χ1) is 8.22. The average Bonchev–Trinajstić information content (AvgIpc) is 2.38. The predicted molar refractivity (Wildman–Crippen MR) is 66.7 cm³/mol. The highest BCUT2D eigenvalue weighted by Gasteiger charge is 2.28. The number of carbonyl (C=O) groups is 1. The number of hydrogen-bond acceptors (Lipinski definition) is 3. The van der Waals surface area contributed by atoms with E-state index in [1.54, 1.807) is 0 Å². The first-order valence-electron chi connectivity index (χ1n) is 6.09. The Morgan fingerprint density at radius 1 is 1.41 bits per heavy atom. The van der Waals surface area contributed by atoms with Crippen molar-refractivity contribution in [2.45, 2.75) is 25.8 Å². The molecule has 0 radical (unpaired) electrons. The summed E-state index contributed by atoms with van der Waals surface area (Å²) in [5.74, 6) is -0.0454. The van der Waals surface area contributed by atoms with Crippen LogP contribution in [0, 0.1) is 12.8 Å². The van der Waals surface area contributed by atoms with Crippen LogP contribution in [0.4, 0.5) is 0 Å². The number of rotatable bonds is 2. The highest BCUT2D eigenvalue weighted by Crippen LogP contribution is 2.29. The molecule has 2 unspecified atom stereocenters. The Morgan fingerprint density at radius 3 is 2.88 bits per heavy atom. The van der Waals surface area contributed by atoms with Crippen LogP contribution in [-0.4, -0.2) is 19.6 Å². The van der Waals surface area contributed by atoms with E-state index >= 15 is 0 Å². The van der Waals surface area contributed by atoms with E-state index in [-0.39, 0.29) is 17.9 Å². The van der Waals surface area contributed by atoms with Crippen LogP contribution in [-0.2, 0) is 9.53 Å². The maximum atomic E-state index is 11.6. The van der Waals surface area contributed by atoms with E-state index in [9.17, 15) is 4.79 Å². The molecule has 0 saturated carbocycles. The largest absolute Gasteiger partial charge is 0.469 e. The van der Waals surface area contributed by atoms with Crippen LogP contribution in [0.1, 0.15) is 30.0 Å². The van der Waals surface area contributed by atoms with Crippen molar-refractivity contribution in [1.29, 1.82) is 0 Å². The van der Waals surface area contributed by atoms with Crippen molar-refractivity contribution < 1.29 is 9.53 Å². The number of ether oxygens (including phenoxy) is 1. The molecule has 17 heavy (non-hydrogen) atoms. The lowest BCUT2D eigenvalue weighted by Gasteiger charge is -2.30. The van der Waals surface area contributed by atoms with E-state index < -0.39 is 0 Å². The number of piperidine rings is 1. The summed E-state index contributed by atoms with van der Waals surface area (Å²) in [4.78, 5) is 11.6. The summed E-state index contributed by atoms with van der Waals surface area (Å²) in [6.45, 7) is 2.98. The van der Waals surface area contributed by atoms with Crippen LogP contribution in [0.3, 0.4) is 0 Å². The zero-order valence-corrected chi connectivity index (χ0v) is 10.4. The van der Waals surface area contributed by atoms with Crippen LogP contribution in [0.5, 0.6) is 0 Å². The molecule has 1 saturated heterocycles. The molecular formula is C14H19NO2. The molecule has 0 aromatic heterocycles. The van der Waals surface area contributed by atoms with Gasteiger partial charge in [0.15, 0.2) is 0 Å². The third-order valence-electron chi connectivity index (χ3n) is 3.50. The molecule has 2 rings (SSSR count). The molecule has 0 spiro atoms. The van der Waals surface area contributed by atoms with Crippen molar-refractivity contribution in [3.8, 4) is 0 Å². The molecule has 1 aliphatic heterocycles. The molecule has 1 heterocycles. The van der Waals surface area contributed by atoms with Gasteiger partial charge >= 0.3 is 5.97 Å². The van der Waals surface area contributed by atoms with E-state index in [1.807, 2.05) is 12.1 Å². The summed E-state index contributed by atoms with van der Waals surface area (Å²) < 4.78 is 4.84. The Hall–Kier alpha value is -1.35. The number of nitrogens with one attached hydrogen (secondary N) is 1. The summed E-state index contributed by atoms with van der Waals surface area (Å²) in [5.41, 5.74) is 2.57. The zero-order chi connectivity index (χ0) is 12.3. The molecule has 1 aliphatic rings. The number of esters is 1. The first-order valence-corrected chi connectivity index (χ1v) is 6.09. The number of benzene rings is 1. The molecule has 3 heteroatoms. The molecule has 1 N–H and O–H groups in total. The predicted octanol–water partition coefficient (Wildman–Crippen LogP) is 2.21. The number of carbonyl (C=O) groups excluding carboxylic acids is 1. The zero-order valence-electron chi connectivity index (χ0n) is 10.4. The molecular weight excluding hydrogens is 214 g/mol. The minimum atomic E-state index is -0.0786. The topological polar surface area (TPSA) is 38.3 Å². The van der Waals surface area contributed by atoms with Gasteiger partial charge in [0.05, 0.1) is 13.0 Å². The van der Waals surface area contributed by atoms with Crippen LogP contribution in [0.2, 0.25) is 0 Å². The molecule has 92 valence electrons. The normalized spacial score (nSPS) is 24.4. The SMILES string of the molecule is COC(=O)C1CCNC(c2ccccc2C)C1. The number of aryl methyl sites for hydroxylation is 1. The van der Waals surface area contributed by atoms with Gasteiger partial charge in [-0.15, -0.1) is 0 Å². The number of hydrogen-bond donors (Lipinski definition) is 1. The van der Waals surface area contributed by atoms with Gasteiger partial charge in [0.1, 0.15) is 0 Å². The Bertz CT molecular complexity index is 403. The lowest BCUT2D eigenvalue weighted by atomic mass is 9.87. The van der Waals surface area contributed by atoms with Crippen molar-refractivity contribution in [2.24, 2.45) is 5.92 Å². The molecule has 0 aliphatic carbocycles. The van der Waals surface area contributed by atoms with Crippen molar-refractivity contribution in [2.75, 3.05) is 13.7 Å². The monoisotopic (exact) mass is 233 g/mol. The molecule has 3 nitrogen and oxygen atoms in total. The molecule has 1 aromatic carbocycles. The van der Waals surface area contributed by atoms with Crippen molar-refractivity contribution >= 4 is 5.97 Å². The highest BCUT2D eigenvalue weighted by molar-refractivity contribution is 5.72. The Morgan fingerprint density at radius 2 is 2.18 bits per heavy atom. The minimum absolute atomic E-state index is 0.0332. The maximum Gasteiger partial charge on any atom is 0.308 e. The molecule has 1 aromatic rings. The fourth-order valence-electron chi connectivity index (χ4n) is 2.51. The second-order valence-corrected chi connectivity index (χ2v) is 4.61. The summed E-state index contributed by atoms with van der Waals surface area (Å²) in [5, 5.41) is 3.48. The van der Waals surface area contributed by atoms with E-state index in [0.29, 0.717) is 0 Å². The van der Waals surface area contributed by atoms with Gasteiger partial charge < -0.3 is 10.1 Å². The van der Waals surface area contributed by atoms with E-state index in [0.717, 1.165) is 19.4 Å². The highest BCUT2D eigenvalue weighted by atomic mass is 16.5. The molecule has 1 fully saturated rings. The van der Waals surface area contributed by atoms with E-state index in [2.05, 4.69) is 24.4 Å². The summed E-state index contributed by atoms with van der Waals surface area (Å²) in [7, 11) is 1.47. The molecule has 2 atom stereocenters. The lowest BCUT2D eigenvalue weighted by molar-refractivity contribution is -0.146. The fourth-order valence-corrected chi connectivity index (χ4v) is 2.51. The van der Waals surface area contributed by atoms with Gasteiger partial charge in [-0.05, 0) is 37.4 Å². The Balaban J connectivity index is 2.12. The van der Waals surface area contributed by atoms with Gasteiger partial charge in [-0.1, -0.05) is 24.3 Å². The van der Waals surface area contributed by atoms with Crippen LogP contribution in [0.15, 0.2) is 24.3 Å². The Kier molecular flexibility index (Phi) is 3.79. The van der Waals surface area contributed by atoms with Crippen molar-refractivity contribution in [1.82, 2.24) is 5.32 Å². The van der Waals surface area contributed by atoms with Crippen LogP contribution in [0.25, 0.3) is 0 Å². The van der Waals surface area contributed by atoms with Gasteiger partial charge in [-0.25, -0.2) is 0 Å². The van der Waals surface area contributed by atoms with Gasteiger partial charge in [-0.2, -0.15) is 0 Å². The van der Waals surface area contributed by atoms with Crippen LogP contribution < -0.4 is 5.32 Å². The van der Waals surface area contributed by atoms with E-state index in [4.69, 9.17) is 4.74 Å². The van der Waals surface area contributed by atoms with Crippen molar-refractivity contribution in [3.05, 3.63) is 35.4 Å². The second kappa shape index (κ2) is 5.32. The average molecular weight is 233 g/mol. The van der Waals surface area contributed by atoms with Crippen LogP contribution >= 0.6 is 0 Å². The standard InChI is InChI=1S/C14H19NO2/c1-10-5-3-4-6-12(10)13-9-11(7-8-15-13)14(16)17-2/h3-6,11,13,15H,7-9H2,1-2H3. The first kappa shape index (κ1) is 12.1. The minimum Gasteiger partial charge on any atom is -0.469 e. The lowest BCUT2D eigenvalue weighted by Crippen LogP contribution is -2.35. The second-order valence-electron chi connectivity index (χ2n) is 4.61. The summed E-state index contributed by atoms with van der Waals surface area (Å²) in [6.07, 6.45) is 1.70. The third kappa shape index (κ3) is 2.67. The van der Waals surface area contributed by atoms with Gasteiger partial charge in [-0.3, -0.25) is 4.79 Å². The summed E-state index contributed by atoms with van der Waals surface area (Å²) >= 11 is 0.